The maximum Gasteiger partial charge on any atom is 0.410 e. The van der Waals surface area contributed by atoms with Gasteiger partial charge in [0.1, 0.15) is 5.60 Å². The Labute approximate surface area is 127 Å². The highest BCUT2D eigenvalue weighted by Crippen LogP contribution is 2.12. The maximum absolute atomic E-state index is 12.0. The molecular formula is C15H28N2O4. The Bertz CT molecular complexity index is 352. The second-order valence-electron chi connectivity index (χ2n) is 6.51. The Morgan fingerprint density at radius 2 is 1.81 bits per heavy atom. The van der Waals surface area contributed by atoms with Crippen molar-refractivity contribution >= 4 is 12.1 Å². The summed E-state index contributed by atoms with van der Waals surface area (Å²) in [5, 5.41) is 8.61. The number of unbranched alkanes of at least 4 members (excludes halogenated alkanes) is 1. The van der Waals surface area contributed by atoms with Crippen LogP contribution in [0.1, 0.15) is 46.5 Å². The van der Waals surface area contributed by atoms with Gasteiger partial charge in [-0.15, -0.1) is 0 Å². The quantitative estimate of drug-likeness (QED) is 0.788. The Morgan fingerprint density at radius 3 is 2.43 bits per heavy atom. The molecule has 0 aromatic carbocycles. The van der Waals surface area contributed by atoms with E-state index in [1.807, 2.05) is 20.8 Å². The van der Waals surface area contributed by atoms with Gasteiger partial charge in [-0.1, -0.05) is 0 Å². The molecule has 6 nitrogen and oxygen atoms in total. The highest BCUT2D eigenvalue weighted by atomic mass is 16.6. The number of carbonyl (C=O) groups is 2. The fourth-order valence-electron chi connectivity index (χ4n) is 2.32. The van der Waals surface area contributed by atoms with Gasteiger partial charge in [-0.25, -0.2) is 4.79 Å². The lowest BCUT2D eigenvalue weighted by atomic mass is 10.2. The van der Waals surface area contributed by atoms with Crippen molar-refractivity contribution in [2.75, 3.05) is 32.7 Å². The second kappa shape index (κ2) is 8.22. The lowest BCUT2D eigenvalue weighted by molar-refractivity contribution is -0.137. The number of nitrogens with zero attached hydrogens (tertiary/aromatic N) is 2. The molecule has 0 aliphatic carbocycles. The van der Waals surface area contributed by atoms with E-state index in [0.29, 0.717) is 13.0 Å². The van der Waals surface area contributed by atoms with Crippen LogP contribution in [0.2, 0.25) is 0 Å². The lowest BCUT2D eigenvalue weighted by Crippen LogP contribution is -2.39. The molecule has 1 saturated heterocycles. The molecule has 1 aliphatic heterocycles. The first-order chi connectivity index (χ1) is 9.78. The number of rotatable bonds is 5. The summed E-state index contributed by atoms with van der Waals surface area (Å²) < 4.78 is 5.40. The predicted molar refractivity (Wildman–Crippen MR) is 80.4 cm³/mol. The van der Waals surface area contributed by atoms with Gasteiger partial charge in [-0.05, 0) is 53.1 Å². The molecular weight excluding hydrogens is 272 g/mol. The molecule has 0 aromatic rings. The Kier molecular flexibility index (Phi) is 6.95. The number of ether oxygens (including phenoxy) is 1. The van der Waals surface area contributed by atoms with Gasteiger partial charge in [0.2, 0.25) is 0 Å². The van der Waals surface area contributed by atoms with Gasteiger partial charge in [-0.3, -0.25) is 4.79 Å². The summed E-state index contributed by atoms with van der Waals surface area (Å²) in [4.78, 5) is 26.6. The average molecular weight is 300 g/mol. The molecule has 1 N–H and O–H groups in total. The summed E-state index contributed by atoms with van der Waals surface area (Å²) in [7, 11) is 0. The van der Waals surface area contributed by atoms with E-state index in [2.05, 4.69) is 4.90 Å². The molecule has 0 bridgehead atoms. The summed E-state index contributed by atoms with van der Waals surface area (Å²) in [5.74, 6) is -0.734. The summed E-state index contributed by atoms with van der Waals surface area (Å²) in [6.07, 6.45) is 2.52. The van der Waals surface area contributed by atoms with E-state index >= 15 is 0 Å². The van der Waals surface area contributed by atoms with Crippen LogP contribution >= 0.6 is 0 Å². The Morgan fingerprint density at radius 1 is 1.10 bits per heavy atom. The molecule has 0 saturated carbocycles. The van der Waals surface area contributed by atoms with Crippen LogP contribution in [0, 0.1) is 0 Å². The van der Waals surface area contributed by atoms with E-state index in [4.69, 9.17) is 9.84 Å². The predicted octanol–water partition coefficient (Wildman–Crippen LogP) is 2.18. The van der Waals surface area contributed by atoms with Gasteiger partial charge in [0.15, 0.2) is 0 Å². The molecule has 0 unspecified atom stereocenters. The van der Waals surface area contributed by atoms with Crippen molar-refractivity contribution in [3.63, 3.8) is 0 Å². The van der Waals surface area contributed by atoms with E-state index in [-0.39, 0.29) is 12.5 Å². The first-order valence-electron chi connectivity index (χ1n) is 7.70. The van der Waals surface area contributed by atoms with E-state index in [1.54, 1.807) is 4.90 Å². The number of amides is 1. The topological polar surface area (TPSA) is 70.1 Å². The van der Waals surface area contributed by atoms with Crippen molar-refractivity contribution in [3.05, 3.63) is 0 Å². The summed E-state index contributed by atoms with van der Waals surface area (Å²) in [5.41, 5.74) is -0.458. The monoisotopic (exact) mass is 300 g/mol. The number of carbonyl (C=O) groups excluding carboxylic acids is 1. The minimum Gasteiger partial charge on any atom is -0.481 e. The van der Waals surface area contributed by atoms with Crippen molar-refractivity contribution in [2.24, 2.45) is 0 Å². The summed E-state index contributed by atoms with van der Waals surface area (Å²) in [6.45, 7) is 9.69. The van der Waals surface area contributed by atoms with E-state index in [9.17, 15) is 9.59 Å². The van der Waals surface area contributed by atoms with Crippen molar-refractivity contribution in [1.82, 2.24) is 9.80 Å². The minimum absolute atomic E-state index is 0.234. The second-order valence-corrected chi connectivity index (χ2v) is 6.51. The zero-order valence-electron chi connectivity index (χ0n) is 13.4. The highest BCUT2D eigenvalue weighted by molar-refractivity contribution is 5.68. The van der Waals surface area contributed by atoms with Gasteiger partial charge in [0, 0.05) is 26.1 Å². The molecule has 21 heavy (non-hydrogen) atoms. The molecule has 0 aromatic heterocycles. The van der Waals surface area contributed by atoms with Gasteiger partial charge in [0.05, 0.1) is 0 Å². The summed E-state index contributed by atoms with van der Waals surface area (Å²) >= 11 is 0. The van der Waals surface area contributed by atoms with Gasteiger partial charge in [0.25, 0.3) is 0 Å². The third kappa shape index (κ3) is 7.90. The number of aliphatic carboxylic acids is 1. The van der Waals surface area contributed by atoms with Gasteiger partial charge in [-0.2, -0.15) is 0 Å². The minimum atomic E-state index is -0.734. The molecule has 0 spiro atoms. The molecule has 122 valence electrons. The van der Waals surface area contributed by atoms with Crippen LogP contribution in [0.4, 0.5) is 4.79 Å². The van der Waals surface area contributed by atoms with Crippen LogP contribution in [0.25, 0.3) is 0 Å². The fourth-order valence-corrected chi connectivity index (χ4v) is 2.32. The largest absolute Gasteiger partial charge is 0.481 e. The first-order valence-corrected chi connectivity index (χ1v) is 7.70. The number of carboxylic acids is 1. The Hall–Kier alpha value is -1.30. The average Bonchev–Trinajstić information content (AvgIpc) is 2.58. The first kappa shape index (κ1) is 17.8. The molecule has 6 heteroatoms. The zero-order valence-corrected chi connectivity index (χ0v) is 13.4. The van der Waals surface area contributed by atoms with E-state index < -0.39 is 11.6 Å². The molecule has 0 radical (unpaired) electrons. The third-order valence-corrected chi connectivity index (χ3v) is 3.36. The van der Waals surface area contributed by atoms with Crippen molar-refractivity contribution < 1.29 is 19.4 Å². The smallest absolute Gasteiger partial charge is 0.410 e. The van der Waals surface area contributed by atoms with Crippen LogP contribution in [0.15, 0.2) is 0 Å². The Balaban J connectivity index is 2.30. The van der Waals surface area contributed by atoms with Crippen LogP contribution in [-0.2, 0) is 9.53 Å². The lowest BCUT2D eigenvalue weighted by Gasteiger charge is -2.26. The van der Waals surface area contributed by atoms with Crippen LogP contribution < -0.4 is 0 Å². The number of carboxylic acid groups (broad SMARTS) is 1. The summed E-state index contributed by atoms with van der Waals surface area (Å²) in [6, 6.07) is 0. The molecule has 1 amide bonds. The molecule has 1 rings (SSSR count). The molecule has 1 fully saturated rings. The van der Waals surface area contributed by atoms with Crippen LogP contribution in [0.5, 0.6) is 0 Å². The molecule has 0 atom stereocenters. The van der Waals surface area contributed by atoms with Crippen molar-refractivity contribution in [3.8, 4) is 0 Å². The van der Waals surface area contributed by atoms with Crippen LogP contribution in [-0.4, -0.2) is 65.3 Å². The highest BCUT2D eigenvalue weighted by Gasteiger charge is 2.24. The number of hydrogen-bond acceptors (Lipinski definition) is 4. The fraction of sp³-hybridized carbons (Fsp3) is 0.867. The third-order valence-electron chi connectivity index (χ3n) is 3.36. The number of hydrogen-bond donors (Lipinski definition) is 1. The standard InChI is InChI=1S/C15H28N2O4/c1-15(2,3)21-14(20)17-10-6-9-16(11-12-17)8-5-4-7-13(18)19/h4-12H2,1-3H3,(H,18,19). The molecule has 1 heterocycles. The van der Waals surface area contributed by atoms with E-state index in [0.717, 1.165) is 39.0 Å². The maximum atomic E-state index is 12.0. The van der Waals surface area contributed by atoms with Gasteiger partial charge < -0.3 is 19.6 Å². The normalized spacial score (nSPS) is 17.4. The van der Waals surface area contributed by atoms with Crippen molar-refractivity contribution in [1.29, 1.82) is 0 Å². The molecule has 1 aliphatic rings. The van der Waals surface area contributed by atoms with E-state index in [1.165, 1.54) is 0 Å². The van der Waals surface area contributed by atoms with Crippen molar-refractivity contribution in [2.45, 2.75) is 52.1 Å². The van der Waals surface area contributed by atoms with Gasteiger partial charge >= 0.3 is 12.1 Å². The van der Waals surface area contributed by atoms with Crippen LogP contribution in [0.3, 0.4) is 0 Å². The SMILES string of the molecule is CC(C)(C)OC(=O)N1CCCN(CCCCC(=O)O)CC1. The zero-order chi connectivity index (χ0) is 15.9.